The Morgan fingerprint density at radius 1 is 1.53 bits per heavy atom. The molecule has 1 amide bonds. The molecular formula is C8H9ClN2O3S. The second-order valence-corrected chi connectivity index (χ2v) is 5.24. The van der Waals surface area contributed by atoms with E-state index in [1.54, 1.807) is 6.92 Å². The molecule has 0 bridgehead atoms. The van der Waals surface area contributed by atoms with E-state index in [9.17, 15) is 13.2 Å². The first-order valence-corrected chi connectivity index (χ1v) is 6.45. The van der Waals surface area contributed by atoms with Gasteiger partial charge in [-0.05, 0) is 12.1 Å². The number of hydrogen-bond acceptors (Lipinski definition) is 4. The van der Waals surface area contributed by atoms with Crippen LogP contribution in [-0.2, 0) is 13.8 Å². The van der Waals surface area contributed by atoms with E-state index in [0.717, 1.165) is 0 Å². The zero-order chi connectivity index (χ0) is 11.5. The predicted molar refractivity (Wildman–Crippen MR) is 56.2 cm³/mol. The van der Waals surface area contributed by atoms with Crippen LogP contribution >= 0.6 is 10.7 Å². The molecule has 0 aliphatic rings. The third-order valence-corrected chi connectivity index (χ3v) is 2.81. The summed E-state index contributed by atoms with van der Waals surface area (Å²) in [5, 5.41) is 2.29. The fourth-order valence-corrected chi connectivity index (χ4v) is 1.53. The molecule has 0 aliphatic heterocycles. The maximum absolute atomic E-state index is 11.0. The van der Waals surface area contributed by atoms with Gasteiger partial charge in [0.25, 0.3) is 9.05 Å². The summed E-state index contributed by atoms with van der Waals surface area (Å²) in [6.45, 7) is 1.71. The molecule has 15 heavy (non-hydrogen) atoms. The number of nitrogens with zero attached hydrogens (tertiary/aromatic N) is 1. The van der Waals surface area contributed by atoms with Crippen LogP contribution in [0.25, 0.3) is 0 Å². The first-order chi connectivity index (χ1) is 6.93. The van der Waals surface area contributed by atoms with Gasteiger partial charge in [0.1, 0.15) is 0 Å². The second-order valence-electron chi connectivity index (χ2n) is 2.72. The molecule has 0 fully saturated rings. The molecule has 0 unspecified atom stereocenters. The average molecular weight is 249 g/mol. The van der Waals surface area contributed by atoms with Crippen LogP contribution in [-0.4, -0.2) is 19.3 Å². The molecule has 0 saturated carbocycles. The Hall–Kier alpha value is -1.14. The highest BCUT2D eigenvalue weighted by molar-refractivity contribution is 8.13. The molecule has 1 rings (SSSR count). The van der Waals surface area contributed by atoms with E-state index < -0.39 is 9.05 Å². The third kappa shape index (κ3) is 3.49. The number of carbonyl (C=O) groups is 1. The Kier molecular flexibility index (Phi) is 3.65. The van der Waals surface area contributed by atoms with E-state index >= 15 is 0 Å². The van der Waals surface area contributed by atoms with E-state index in [-0.39, 0.29) is 10.9 Å². The van der Waals surface area contributed by atoms with Crippen LogP contribution in [0.3, 0.4) is 0 Å². The van der Waals surface area contributed by atoms with Crippen molar-refractivity contribution in [3.63, 3.8) is 0 Å². The maximum atomic E-state index is 11.0. The van der Waals surface area contributed by atoms with Crippen LogP contribution in [0.1, 0.15) is 13.3 Å². The van der Waals surface area contributed by atoms with Gasteiger partial charge < -0.3 is 5.32 Å². The molecule has 1 aromatic heterocycles. The molecule has 7 heteroatoms. The quantitative estimate of drug-likeness (QED) is 0.820. The normalized spacial score (nSPS) is 11.1. The Morgan fingerprint density at radius 3 is 2.60 bits per heavy atom. The zero-order valence-corrected chi connectivity index (χ0v) is 9.47. The van der Waals surface area contributed by atoms with Gasteiger partial charge >= 0.3 is 0 Å². The minimum Gasteiger partial charge on any atom is -0.325 e. The monoisotopic (exact) mass is 248 g/mol. The number of pyridine rings is 1. The van der Waals surface area contributed by atoms with Crippen molar-refractivity contribution in [2.24, 2.45) is 0 Å². The molecule has 82 valence electrons. The fraction of sp³-hybridized carbons (Fsp3) is 0.250. The molecule has 0 spiro atoms. The predicted octanol–water partition coefficient (Wildman–Crippen LogP) is 1.36. The summed E-state index contributed by atoms with van der Waals surface area (Å²) < 4.78 is 21.7. The molecule has 1 heterocycles. The van der Waals surface area contributed by atoms with Crippen molar-refractivity contribution in [1.29, 1.82) is 0 Å². The zero-order valence-electron chi connectivity index (χ0n) is 7.90. The number of aromatic nitrogens is 1. The molecular weight excluding hydrogens is 240 g/mol. The molecule has 5 nitrogen and oxygen atoms in total. The number of nitrogens with one attached hydrogen (secondary N) is 1. The van der Waals surface area contributed by atoms with Gasteiger partial charge in [-0.15, -0.1) is 0 Å². The number of halogens is 1. The number of hydrogen-bond donors (Lipinski definition) is 1. The van der Waals surface area contributed by atoms with E-state index in [1.807, 2.05) is 0 Å². The minimum absolute atomic E-state index is 0.168. The van der Waals surface area contributed by atoms with E-state index in [1.165, 1.54) is 18.3 Å². The van der Waals surface area contributed by atoms with Crippen LogP contribution in [0.15, 0.2) is 23.4 Å². The van der Waals surface area contributed by atoms with Crippen LogP contribution in [0.4, 0.5) is 5.69 Å². The highest BCUT2D eigenvalue weighted by atomic mass is 35.7. The van der Waals surface area contributed by atoms with Crippen molar-refractivity contribution in [3.05, 3.63) is 18.3 Å². The molecule has 0 saturated heterocycles. The lowest BCUT2D eigenvalue weighted by molar-refractivity contribution is -0.115. The molecule has 0 aromatic carbocycles. The Morgan fingerprint density at radius 2 is 2.20 bits per heavy atom. The number of amides is 1. The lowest BCUT2D eigenvalue weighted by Gasteiger charge is -2.02. The molecule has 0 radical (unpaired) electrons. The van der Waals surface area contributed by atoms with Gasteiger partial charge in [0.05, 0.1) is 11.9 Å². The summed E-state index contributed by atoms with van der Waals surface area (Å²) in [5.74, 6) is -0.168. The molecule has 1 N–H and O–H groups in total. The highest BCUT2D eigenvalue weighted by Crippen LogP contribution is 2.14. The molecule has 0 atom stereocenters. The Balaban J connectivity index is 2.86. The second kappa shape index (κ2) is 4.59. The summed E-state index contributed by atoms with van der Waals surface area (Å²) in [7, 11) is 1.26. The summed E-state index contributed by atoms with van der Waals surface area (Å²) in [5.41, 5.74) is 0.436. The largest absolute Gasteiger partial charge is 0.325 e. The van der Waals surface area contributed by atoms with Gasteiger partial charge in [-0.2, -0.15) is 0 Å². The SMILES string of the molecule is CCC(=O)Nc1ccc(S(=O)(=O)Cl)nc1. The molecule has 1 aromatic rings. The third-order valence-electron chi connectivity index (χ3n) is 1.59. The van der Waals surface area contributed by atoms with Crippen molar-refractivity contribution < 1.29 is 13.2 Å². The van der Waals surface area contributed by atoms with Crippen LogP contribution in [0.5, 0.6) is 0 Å². The molecule has 0 aliphatic carbocycles. The fourth-order valence-electron chi connectivity index (χ4n) is 0.848. The lowest BCUT2D eigenvalue weighted by atomic mass is 10.4. The summed E-state index contributed by atoms with van der Waals surface area (Å²) in [6.07, 6.45) is 1.58. The summed E-state index contributed by atoms with van der Waals surface area (Å²) in [6, 6.07) is 2.66. The van der Waals surface area contributed by atoms with Gasteiger partial charge in [0.15, 0.2) is 5.03 Å². The highest BCUT2D eigenvalue weighted by Gasteiger charge is 2.11. The Labute approximate surface area is 91.9 Å². The summed E-state index contributed by atoms with van der Waals surface area (Å²) in [4.78, 5) is 14.6. The Bertz CT molecular complexity index is 455. The maximum Gasteiger partial charge on any atom is 0.278 e. The van der Waals surface area contributed by atoms with Crippen LogP contribution in [0, 0.1) is 0 Å². The first-order valence-electron chi connectivity index (χ1n) is 4.14. The van der Waals surface area contributed by atoms with Gasteiger partial charge in [-0.3, -0.25) is 4.79 Å². The minimum atomic E-state index is -3.81. The smallest absolute Gasteiger partial charge is 0.278 e. The number of anilines is 1. The summed E-state index contributed by atoms with van der Waals surface area (Å²) >= 11 is 0. The van der Waals surface area contributed by atoms with Crippen molar-refractivity contribution in [3.8, 4) is 0 Å². The lowest BCUT2D eigenvalue weighted by Crippen LogP contribution is -2.09. The van der Waals surface area contributed by atoms with Gasteiger partial charge in [0.2, 0.25) is 5.91 Å². The van der Waals surface area contributed by atoms with E-state index in [4.69, 9.17) is 10.7 Å². The van der Waals surface area contributed by atoms with Crippen molar-refractivity contribution in [2.45, 2.75) is 18.4 Å². The average Bonchev–Trinajstić information content (AvgIpc) is 2.17. The van der Waals surface area contributed by atoms with Gasteiger partial charge in [-0.25, -0.2) is 13.4 Å². The standard InChI is InChI=1S/C8H9ClN2O3S/c1-2-7(12)11-6-3-4-8(10-5-6)15(9,13)14/h3-5H,2H2,1H3,(H,11,12). The first kappa shape index (κ1) is 11.9. The van der Waals surface area contributed by atoms with Gasteiger partial charge in [-0.1, -0.05) is 6.92 Å². The van der Waals surface area contributed by atoms with Crippen LogP contribution in [0.2, 0.25) is 0 Å². The topological polar surface area (TPSA) is 76.1 Å². The van der Waals surface area contributed by atoms with Crippen molar-refractivity contribution >= 4 is 31.3 Å². The number of carbonyl (C=O) groups excluding carboxylic acids is 1. The number of rotatable bonds is 3. The van der Waals surface area contributed by atoms with Crippen molar-refractivity contribution in [2.75, 3.05) is 5.32 Å². The van der Waals surface area contributed by atoms with Crippen LogP contribution < -0.4 is 5.32 Å². The van der Waals surface area contributed by atoms with Crippen molar-refractivity contribution in [1.82, 2.24) is 4.98 Å². The van der Waals surface area contributed by atoms with Gasteiger partial charge in [0, 0.05) is 17.1 Å². The van der Waals surface area contributed by atoms with E-state index in [2.05, 4.69) is 10.3 Å². The van der Waals surface area contributed by atoms with E-state index in [0.29, 0.717) is 12.1 Å².